The van der Waals surface area contributed by atoms with Gasteiger partial charge in [-0.2, -0.15) is 13.2 Å². The Morgan fingerprint density at radius 3 is 2.32 bits per heavy atom. The number of ether oxygens (including phenoxy) is 2. The molecular weight excluding hydrogens is 505 g/mol. The first-order chi connectivity index (χ1) is 17.6. The van der Waals surface area contributed by atoms with Gasteiger partial charge in [0, 0.05) is 18.8 Å². The van der Waals surface area contributed by atoms with E-state index in [1.807, 2.05) is 13.8 Å². The molecule has 4 aliphatic rings. The van der Waals surface area contributed by atoms with Crippen molar-refractivity contribution in [2.75, 3.05) is 0 Å². The number of hydrogen-bond donors (Lipinski definition) is 2. The topological polar surface area (TPSA) is 110 Å². The Balaban J connectivity index is 1.68. The van der Waals surface area contributed by atoms with Crippen LogP contribution in [-0.2, 0) is 23.9 Å². The summed E-state index contributed by atoms with van der Waals surface area (Å²) in [6.45, 7) is 7.34. The zero-order chi connectivity index (χ0) is 28.2. The van der Waals surface area contributed by atoms with E-state index in [2.05, 4.69) is 6.92 Å². The number of aliphatic hydroxyl groups is 1. The summed E-state index contributed by atoms with van der Waals surface area (Å²) < 4.78 is 51.0. The number of esters is 2. The summed E-state index contributed by atoms with van der Waals surface area (Å²) in [5.41, 5.74) is -1.10. The first-order valence-electron chi connectivity index (χ1n) is 13.9. The van der Waals surface area contributed by atoms with Gasteiger partial charge in [-0.15, -0.1) is 0 Å². The SMILES string of the molecule is CC(=O)O[C@@H]1CC[C@@]2(C)[C@@H](C1)C[C@@H](O)[C@@H]1[C@@H]2C[C@H](OC(=O)C(F)(F)F)[C@]2(C)[C@@H]([C@H](C)CCC(=O)O)CC[C@@H]12. The highest BCUT2D eigenvalue weighted by Gasteiger charge is 2.67. The zero-order valence-electron chi connectivity index (χ0n) is 22.6. The van der Waals surface area contributed by atoms with Gasteiger partial charge in [-0.3, -0.25) is 9.59 Å². The molecule has 0 amide bonds. The number of fused-ring (bicyclic) bond motifs is 5. The van der Waals surface area contributed by atoms with Gasteiger partial charge < -0.3 is 19.7 Å². The zero-order valence-corrected chi connectivity index (χ0v) is 22.6. The van der Waals surface area contributed by atoms with Crippen molar-refractivity contribution in [3.8, 4) is 0 Å². The number of carbonyl (C=O) groups excluding carboxylic acids is 2. The highest BCUT2D eigenvalue weighted by molar-refractivity contribution is 5.75. The molecule has 0 unspecified atom stereocenters. The first-order valence-corrected chi connectivity index (χ1v) is 13.9. The molecule has 216 valence electrons. The lowest BCUT2D eigenvalue weighted by Gasteiger charge is -2.64. The summed E-state index contributed by atoms with van der Waals surface area (Å²) >= 11 is 0. The van der Waals surface area contributed by atoms with E-state index in [4.69, 9.17) is 9.47 Å². The van der Waals surface area contributed by atoms with Gasteiger partial charge in [-0.25, -0.2) is 4.79 Å². The van der Waals surface area contributed by atoms with E-state index in [0.29, 0.717) is 44.9 Å². The van der Waals surface area contributed by atoms with E-state index in [1.54, 1.807) is 0 Å². The van der Waals surface area contributed by atoms with Crippen LogP contribution in [0.3, 0.4) is 0 Å². The van der Waals surface area contributed by atoms with E-state index in [0.717, 1.165) is 0 Å². The molecule has 0 aromatic heterocycles. The van der Waals surface area contributed by atoms with Crippen LogP contribution < -0.4 is 0 Å². The predicted molar refractivity (Wildman–Crippen MR) is 130 cm³/mol. The van der Waals surface area contributed by atoms with Crippen LogP contribution in [0, 0.1) is 46.3 Å². The minimum Gasteiger partial charge on any atom is -0.481 e. The summed E-state index contributed by atoms with van der Waals surface area (Å²) in [7, 11) is 0. The second kappa shape index (κ2) is 10.3. The van der Waals surface area contributed by atoms with Gasteiger partial charge in [0.05, 0.1) is 6.10 Å². The van der Waals surface area contributed by atoms with Gasteiger partial charge >= 0.3 is 24.1 Å². The van der Waals surface area contributed by atoms with Crippen molar-refractivity contribution in [3.05, 3.63) is 0 Å². The van der Waals surface area contributed by atoms with Crippen molar-refractivity contribution >= 4 is 17.9 Å². The Kier molecular flexibility index (Phi) is 7.89. The summed E-state index contributed by atoms with van der Waals surface area (Å²) in [6, 6.07) is 0. The number of aliphatic carboxylic acids is 1. The lowest BCUT2D eigenvalue weighted by atomic mass is 9.43. The molecule has 11 atom stereocenters. The van der Waals surface area contributed by atoms with Crippen molar-refractivity contribution in [2.45, 2.75) is 110 Å². The number of aliphatic hydroxyl groups excluding tert-OH is 1. The standard InChI is InChI=1S/C28H41F3O7/c1-14(5-8-23(34)35)18-6-7-19-24-20(13-22(27(18,19)4)38-25(36)28(29,30)31)26(3)10-9-17(37-15(2)32)11-16(26)12-21(24)33/h14,16-22,24,33H,5-13H2,1-4H3,(H,34,35)/t14-,16+,17-,18-,19+,20+,21-,22+,24+,26+,27-/m1/s1. The second-order valence-corrected chi connectivity index (χ2v) is 12.9. The molecule has 0 heterocycles. The fraction of sp³-hybridized carbons (Fsp3) is 0.893. The normalized spacial score (nSPS) is 43.3. The maximum Gasteiger partial charge on any atom is 0.490 e. The molecule has 4 fully saturated rings. The maximum absolute atomic E-state index is 13.4. The molecule has 38 heavy (non-hydrogen) atoms. The number of carbonyl (C=O) groups is 3. The van der Waals surface area contributed by atoms with Gasteiger partial charge in [-0.1, -0.05) is 20.8 Å². The number of carboxylic acid groups (broad SMARTS) is 1. The average molecular weight is 547 g/mol. The summed E-state index contributed by atoms with van der Waals surface area (Å²) in [4.78, 5) is 34.9. The summed E-state index contributed by atoms with van der Waals surface area (Å²) in [5, 5.41) is 20.7. The van der Waals surface area contributed by atoms with E-state index in [-0.39, 0.29) is 65.8 Å². The summed E-state index contributed by atoms with van der Waals surface area (Å²) in [5.74, 6) is -4.10. The monoisotopic (exact) mass is 546 g/mol. The van der Waals surface area contributed by atoms with Crippen LogP contribution >= 0.6 is 0 Å². The first kappa shape index (κ1) is 29.2. The number of hydrogen-bond acceptors (Lipinski definition) is 6. The van der Waals surface area contributed by atoms with Gasteiger partial charge in [0.25, 0.3) is 0 Å². The Bertz CT molecular complexity index is 938. The van der Waals surface area contributed by atoms with Gasteiger partial charge in [-0.05, 0) is 92.3 Å². The smallest absolute Gasteiger partial charge is 0.481 e. The number of alkyl halides is 3. The van der Waals surface area contributed by atoms with Crippen LogP contribution in [0.5, 0.6) is 0 Å². The molecular formula is C28H41F3O7. The van der Waals surface area contributed by atoms with Crippen LogP contribution in [-0.4, -0.2) is 52.6 Å². The van der Waals surface area contributed by atoms with Crippen LogP contribution in [0.25, 0.3) is 0 Å². The molecule has 0 spiro atoms. The molecule has 10 heteroatoms. The van der Waals surface area contributed by atoms with Gasteiger partial charge in [0.15, 0.2) is 0 Å². The lowest BCUT2D eigenvalue weighted by molar-refractivity contribution is -0.239. The quantitative estimate of drug-likeness (QED) is 0.444. The number of halogens is 3. The van der Waals surface area contributed by atoms with E-state index in [1.165, 1.54) is 6.92 Å². The molecule has 4 aliphatic carbocycles. The lowest BCUT2D eigenvalue weighted by Crippen LogP contribution is -2.63. The van der Waals surface area contributed by atoms with Crippen LogP contribution in [0.15, 0.2) is 0 Å². The van der Waals surface area contributed by atoms with Crippen LogP contribution in [0.4, 0.5) is 13.2 Å². The van der Waals surface area contributed by atoms with Crippen molar-refractivity contribution in [1.82, 2.24) is 0 Å². The minimum atomic E-state index is -5.12. The Morgan fingerprint density at radius 1 is 1.03 bits per heavy atom. The molecule has 4 rings (SSSR count). The maximum atomic E-state index is 13.4. The third-order valence-corrected chi connectivity index (χ3v) is 11.1. The Morgan fingerprint density at radius 2 is 1.71 bits per heavy atom. The fourth-order valence-electron chi connectivity index (χ4n) is 9.35. The summed E-state index contributed by atoms with van der Waals surface area (Å²) in [6.07, 6.45) is -2.57. The Hall–Kier alpha value is -1.84. The Labute approximate surface area is 221 Å². The highest BCUT2D eigenvalue weighted by atomic mass is 19.4. The third-order valence-electron chi connectivity index (χ3n) is 11.1. The van der Waals surface area contributed by atoms with Crippen molar-refractivity contribution < 1.29 is 47.2 Å². The van der Waals surface area contributed by atoms with Crippen molar-refractivity contribution in [2.24, 2.45) is 46.3 Å². The molecule has 0 radical (unpaired) electrons. The molecule has 0 aromatic rings. The number of carboxylic acids is 1. The van der Waals surface area contributed by atoms with E-state index < -0.39 is 35.7 Å². The fourth-order valence-corrected chi connectivity index (χ4v) is 9.35. The van der Waals surface area contributed by atoms with E-state index >= 15 is 0 Å². The second-order valence-electron chi connectivity index (χ2n) is 12.9. The molecule has 0 aromatic carbocycles. The van der Waals surface area contributed by atoms with Crippen molar-refractivity contribution in [1.29, 1.82) is 0 Å². The molecule has 4 saturated carbocycles. The third kappa shape index (κ3) is 5.06. The van der Waals surface area contributed by atoms with Gasteiger partial charge in [0.1, 0.15) is 12.2 Å². The molecule has 2 N–H and O–H groups in total. The van der Waals surface area contributed by atoms with Crippen LogP contribution in [0.1, 0.15) is 85.5 Å². The largest absolute Gasteiger partial charge is 0.490 e. The number of rotatable bonds is 6. The van der Waals surface area contributed by atoms with E-state index in [9.17, 15) is 37.8 Å². The van der Waals surface area contributed by atoms with Gasteiger partial charge in [0.2, 0.25) is 0 Å². The predicted octanol–water partition coefficient (Wildman–Crippen LogP) is 5.13. The van der Waals surface area contributed by atoms with Crippen molar-refractivity contribution in [3.63, 3.8) is 0 Å². The van der Waals surface area contributed by atoms with Crippen LogP contribution in [0.2, 0.25) is 0 Å². The molecule has 0 saturated heterocycles. The average Bonchev–Trinajstić information content (AvgIpc) is 3.16. The highest BCUT2D eigenvalue weighted by Crippen LogP contribution is 2.69. The molecule has 7 nitrogen and oxygen atoms in total. The minimum absolute atomic E-state index is 0.0341. The molecule has 0 bridgehead atoms. The molecule has 0 aliphatic heterocycles.